The first-order chi connectivity index (χ1) is 5.72. The lowest BCUT2D eigenvalue weighted by Crippen LogP contribution is -1.96. The minimum absolute atomic E-state index is 0.690. The van der Waals surface area contributed by atoms with Crippen LogP contribution in [0.5, 0.6) is 0 Å². The lowest BCUT2D eigenvalue weighted by Gasteiger charge is -1.99. The number of oxime groups is 1. The molecule has 0 aliphatic carbocycles. The Bertz CT molecular complexity index is 296. The summed E-state index contributed by atoms with van der Waals surface area (Å²) in [7, 11) is 0. The first-order valence-electron chi connectivity index (χ1n) is 3.64. The molecule has 1 aromatic carbocycles. The highest BCUT2D eigenvalue weighted by Crippen LogP contribution is 2.12. The van der Waals surface area contributed by atoms with Crippen LogP contribution in [0, 0.1) is 0 Å². The smallest absolute Gasteiger partial charge is 0.0583 e. The third kappa shape index (κ3) is 2.66. The van der Waals surface area contributed by atoms with Crippen molar-refractivity contribution in [3.05, 3.63) is 34.3 Å². The number of halogens is 1. The van der Waals surface area contributed by atoms with Gasteiger partial charge in [-0.05, 0) is 24.6 Å². The van der Waals surface area contributed by atoms with E-state index in [9.17, 15) is 0 Å². The monoisotopic (exact) mass is 227 g/mol. The fourth-order valence-electron chi connectivity index (χ4n) is 0.978. The van der Waals surface area contributed by atoms with Gasteiger partial charge in [-0.25, -0.2) is 0 Å². The van der Waals surface area contributed by atoms with Gasteiger partial charge in [0.2, 0.25) is 0 Å². The number of rotatable bonds is 2. The van der Waals surface area contributed by atoms with E-state index >= 15 is 0 Å². The average Bonchev–Trinajstić information content (AvgIpc) is 2.04. The van der Waals surface area contributed by atoms with Gasteiger partial charge < -0.3 is 5.21 Å². The third-order valence-corrected chi connectivity index (χ3v) is 2.01. The summed E-state index contributed by atoms with van der Waals surface area (Å²) in [5.41, 5.74) is 1.85. The normalized spacial score (nSPS) is 11.7. The molecule has 0 saturated heterocycles. The molecule has 0 heterocycles. The van der Waals surface area contributed by atoms with Gasteiger partial charge in [-0.3, -0.25) is 0 Å². The fourth-order valence-corrected chi connectivity index (χ4v) is 1.42. The zero-order valence-corrected chi connectivity index (χ0v) is 8.37. The van der Waals surface area contributed by atoms with E-state index in [0.29, 0.717) is 12.1 Å². The number of hydrogen-bond donors (Lipinski definition) is 1. The molecule has 64 valence electrons. The Kier molecular flexibility index (Phi) is 3.29. The van der Waals surface area contributed by atoms with Crippen molar-refractivity contribution < 1.29 is 5.21 Å². The van der Waals surface area contributed by atoms with E-state index in [1.165, 1.54) is 0 Å². The molecular formula is C9H10BrNO. The first-order valence-corrected chi connectivity index (χ1v) is 4.43. The van der Waals surface area contributed by atoms with E-state index in [1.807, 2.05) is 24.3 Å². The molecule has 0 amide bonds. The molecule has 0 fully saturated rings. The van der Waals surface area contributed by atoms with Crippen molar-refractivity contribution >= 4 is 21.6 Å². The van der Waals surface area contributed by atoms with Crippen molar-refractivity contribution in [1.82, 2.24) is 0 Å². The summed E-state index contributed by atoms with van der Waals surface area (Å²) < 4.78 is 1.05. The molecule has 0 spiro atoms. The van der Waals surface area contributed by atoms with Crippen molar-refractivity contribution in [2.24, 2.45) is 5.16 Å². The van der Waals surface area contributed by atoms with Crippen molar-refractivity contribution in [1.29, 1.82) is 0 Å². The van der Waals surface area contributed by atoms with Crippen LogP contribution in [0.25, 0.3) is 0 Å². The van der Waals surface area contributed by atoms with Crippen LogP contribution in [0.1, 0.15) is 12.5 Å². The maximum Gasteiger partial charge on any atom is 0.0583 e. The van der Waals surface area contributed by atoms with Crippen LogP contribution in [0.3, 0.4) is 0 Å². The molecule has 1 rings (SSSR count). The SMILES string of the molecule is C/C(Cc1cccc(Br)c1)=N/O. The molecule has 0 atom stereocenters. The molecule has 1 aromatic rings. The second-order valence-electron chi connectivity index (χ2n) is 2.64. The Morgan fingerprint density at radius 3 is 2.92 bits per heavy atom. The molecule has 3 heteroatoms. The Morgan fingerprint density at radius 2 is 2.33 bits per heavy atom. The van der Waals surface area contributed by atoms with Gasteiger partial charge in [0.1, 0.15) is 0 Å². The third-order valence-electron chi connectivity index (χ3n) is 1.52. The lowest BCUT2D eigenvalue weighted by atomic mass is 10.1. The molecule has 12 heavy (non-hydrogen) atoms. The van der Waals surface area contributed by atoms with Crippen LogP contribution in [0.15, 0.2) is 33.9 Å². The van der Waals surface area contributed by atoms with Crippen molar-refractivity contribution in [3.63, 3.8) is 0 Å². The highest BCUT2D eigenvalue weighted by atomic mass is 79.9. The molecule has 0 unspecified atom stereocenters. The van der Waals surface area contributed by atoms with Crippen LogP contribution in [0.4, 0.5) is 0 Å². The van der Waals surface area contributed by atoms with Crippen LogP contribution in [-0.2, 0) is 6.42 Å². The quantitative estimate of drug-likeness (QED) is 0.471. The molecular weight excluding hydrogens is 218 g/mol. The summed E-state index contributed by atoms with van der Waals surface area (Å²) in [6, 6.07) is 7.94. The van der Waals surface area contributed by atoms with Gasteiger partial charge in [-0.2, -0.15) is 0 Å². The second kappa shape index (κ2) is 4.26. The molecule has 2 nitrogen and oxygen atoms in total. The molecule has 0 aliphatic heterocycles. The maximum absolute atomic E-state index is 8.44. The zero-order valence-electron chi connectivity index (χ0n) is 6.79. The maximum atomic E-state index is 8.44. The van der Waals surface area contributed by atoms with Crippen LogP contribution in [-0.4, -0.2) is 10.9 Å². The number of nitrogens with zero attached hydrogens (tertiary/aromatic N) is 1. The van der Waals surface area contributed by atoms with E-state index in [1.54, 1.807) is 6.92 Å². The number of hydrogen-bond acceptors (Lipinski definition) is 2. The van der Waals surface area contributed by atoms with Crippen LogP contribution >= 0.6 is 15.9 Å². The summed E-state index contributed by atoms with van der Waals surface area (Å²) in [6.07, 6.45) is 0.690. The van der Waals surface area contributed by atoms with Crippen molar-refractivity contribution in [2.45, 2.75) is 13.3 Å². The summed E-state index contributed by atoms with van der Waals surface area (Å²) >= 11 is 3.37. The van der Waals surface area contributed by atoms with E-state index in [2.05, 4.69) is 21.1 Å². The molecule has 0 radical (unpaired) electrons. The predicted octanol–water partition coefficient (Wildman–Crippen LogP) is 2.84. The topological polar surface area (TPSA) is 32.6 Å². The second-order valence-corrected chi connectivity index (χ2v) is 3.56. The summed E-state index contributed by atoms with van der Waals surface area (Å²) in [6.45, 7) is 1.79. The largest absolute Gasteiger partial charge is 0.411 e. The van der Waals surface area contributed by atoms with E-state index in [0.717, 1.165) is 10.0 Å². The summed E-state index contributed by atoms with van der Waals surface area (Å²) in [5.74, 6) is 0. The average molecular weight is 228 g/mol. The molecule has 0 bridgehead atoms. The zero-order chi connectivity index (χ0) is 8.97. The first kappa shape index (κ1) is 9.26. The Morgan fingerprint density at radius 1 is 1.58 bits per heavy atom. The highest BCUT2D eigenvalue weighted by Gasteiger charge is 1.96. The molecule has 1 N–H and O–H groups in total. The van der Waals surface area contributed by atoms with E-state index < -0.39 is 0 Å². The van der Waals surface area contributed by atoms with Crippen molar-refractivity contribution in [3.8, 4) is 0 Å². The van der Waals surface area contributed by atoms with Crippen LogP contribution in [0.2, 0.25) is 0 Å². The van der Waals surface area contributed by atoms with Gasteiger partial charge >= 0.3 is 0 Å². The summed E-state index contributed by atoms with van der Waals surface area (Å²) in [4.78, 5) is 0. The summed E-state index contributed by atoms with van der Waals surface area (Å²) in [5, 5.41) is 11.6. The van der Waals surface area contributed by atoms with Crippen molar-refractivity contribution in [2.75, 3.05) is 0 Å². The van der Waals surface area contributed by atoms with E-state index in [4.69, 9.17) is 5.21 Å². The molecule has 0 saturated carbocycles. The van der Waals surface area contributed by atoms with E-state index in [-0.39, 0.29) is 0 Å². The highest BCUT2D eigenvalue weighted by molar-refractivity contribution is 9.10. The van der Waals surface area contributed by atoms with Gasteiger partial charge in [0, 0.05) is 10.9 Å². The Balaban J connectivity index is 2.76. The molecule has 0 aromatic heterocycles. The lowest BCUT2D eigenvalue weighted by molar-refractivity contribution is 0.317. The van der Waals surface area contributed by atoms with Crippen LogP contribution < -0.4 is 0 Å². The molecule has 0 aliphatic rings. The fraction of sp³-hybridized carbons (Fsp3) is 0.222. The van der Waals surface area contributed by atoms with Gasteiger partial charge in [0.25, 0.3) is 0 Å². The number of benzene rings is 1. The van der Waals surface area contributed by atoms with Gasteiger partial charge in [-0.1, -0.05) is 33.2 Å². The van der Waals surface area contributed by atoms with Gasteiger partial charge in [0.05, 0.1) is 5.71 Å². The Hall–Kier alpha value is -0.830. The standard InChI is InChI=1S/C9H10BrNO/c1-7(11-12)5-8-3-2-4-9(10)6-8/h2-4,6,12H,5H2,1H3/b11-7-. The predicted molar refractivity (Wildman–Crippen MR) is 52.7 cm³/mol. The van der Waals surface area contributed by atoms with Gasteiger partial charge in [0.15, 0.2) is 0 Å². The van der Waals surface area contributed by atoms with Gasteiger partial charge in [-0.15, -0.1) is 0 Å². The minimum atomic E-state index is 0.690. The Labute approximate surface area is 80.0 Å². The minimum Gasteiger partial charge on any atom is -0.411 e.